The summed E-state index contributed by atoms with van der Waals surface area (Å²) in [4.78, 5) is 15.8. The summed E-state index contributed by atoms with van der Waals surface area (Å²) in [6.45, 7) is 0.790. The van der Waals surface area contributed by atoms with Gasteiger partial charge < -0.3 is 10.6 Å². The summed E-state index contributed by atoms with van der Waals surface area (Å²) in [5.74, 6) is 0.559. The van der Waals surface area contributed by atoms with Gasteiger partial charge >= 0.3 is 0 Å². The summed E-state index contributed by atoms with van der Waals surface area (Å²) in [5.41, 5.74) is 1.18. The summed E-state index contributed by atoms with van der Waals surface area (Å²) >= 11 is 9.16. The lowest BCUT2D eigenvalue weighted by Gasteiger charge is -2.07. The molecule has 0 aliphatic rings. The Labute approximate surface area is 137 Å². The molecule has 1 aromatic heterocycles. The van der Waals surface area contributed by atoms with Crippen molar-refractivity contribution in [3.8, 4) is 0 Å². The normalized spacial score (nSPS) is 10.2. The van der Waals surface area contributed by atoms with Crippen molar-refractivity contribution in [2.45, 2.75) is 6.42 Å². The molecular weight excluding hydrogens is 354 g/mol. The van der Waals surface area contributed by atoms with Gasteiger partial charge in [0.2, 0.25) is 5.91 Å². The highest BCUT2D eigenvalue weighted by atomic mass is 79.9. The first kappa shape index (κ1) is 15.8. The zero-order chi connectivity index (χ0) is 15.1. The molecule has 0 aliphatic heterocycles. The number of hydrogen-bond acceptors (Lipinski definition) is 3. The second kappa shape index (κ2) is 8.00. The quantitative estimate of drug-likeness (QED) is 0.823. The van der Waals surface area contributed by atoms with Gasteiger partial charge in [0.1, 0.15) is 5.82 Å². The molecule has 2 rings (SSSR count). The molecule has 4 nitrogen and oxygen atoms in total. The topological polar surface area (TPSA) is 54.0 Å². The van der Waals surface area contributed by atoms with Gasteiger partial charge in [-0.15, -0.1) is 0 Å². The molecule has 0 atom stereocenters. The molecule has 1 aromatic carbocycles. The molecule has 0 radical (unpaired) electrons. The zero-order valence-electron chi connectivity index (χ0n) is 11.3. The van der Waals surface area contributed by atoms with Crippen LogP contribution in [0.5, 0.6) is 0 Å². The van der Waals surface area contributed by atoms with Gasteiger partial charge in [-0.3, -0.25) is 4.79 Å². The Morgan fingerprint density at radius 1 is 1.29 bits per heavy atom. The van der Waals surface area contributed by atoms with Crippen molar-refractivity contribution in [3.63, 3.8) is 0 Å². The Hall–Kier alpha value is -1.59. The number of aromatic nitrogens is 1. The van der Waals surface area contributed by atoms with Crippen molar-refractivity contribution in [2.75, 3.05) is 18.4 Å². The number of carbonyl (C=O) groups is 1. The first-order valence-corrected chi connectivity index (χ1v) is 7.67. The van der Waals surface area contributed by atoms with Crippen LogP contribution < -0.4 is 10.6 Å². The maximum atomic E-state index is 11.7. The lowest BCUT2D eigenvalue weighted by atomic mass is 10.1. The first-order valence-electron chi connectivity index (χ1n) is 6.50. The van der Waals surface area contributed by atoms with Gasteiger partial charge in [0.05, 0.1) is 11.6 Å². The van der Waals surface area contributed by atoms with Gasteiger partial charge in [-0.1, -0.05) is 39.7 Å². The van der Waals surface area contributed by atoms with E-state index in [1.54, 1.807) is 12.1 Å². The van der Waals surface area contributed by atoms with Crippen molar-refractivity contribution in [1.82, 2.24) is 10.3 Å². The molecular formula is C15H15BrClN3O. The van der Waals surface area contributed by atoms with Gasteiger partial charge in [-0.25, -0.2) is 4.98 Å². The summed E-state index contributed by atoms with van der Waals surface area (Å²) in [6, 6.07) is 11.5. The summed E-state index contributed by atoms with van der Waals surface area (Å²) in [6.07, 6.45) is 2.33. The predicted molar refractivity (Wildman–Crippen MR) is 88.6 cm³/mol. The molecule has 0 spiro atoms. The minimum absolute atomic E-state index is 0.0678. The number of nitrogens with one attached hydrogen (secondary N) is 2. The van der Waals surface area contributed by atoms with Gasteiger partial charge in [-0.05, 0) is 36.2 Å². The van der Waals surface area contributed by atoms with Crippen LogP contribution in [0.2, 0.25) is 5.02 Å². The third-order valence-corrected chi connectivity index (χ3v) is 3.50. The summed E-state index contributed by atoms with van der Waals surface area (Å²) < 4.78 is 1.04. The van der Waals surface area contributed by atoms with E-state index in [4.69, 9.17) is 11.6 Å². The van der Waals surface area contributed by atoms with E-state index in [9.17, 15) is 4.79 Å². The van der Waals surface area contributed by atoms with E-state index in [1.165, 1.54) is 11.8 Å². The maximum Gasteiger partial charge on any atom is 0.239 e. The number of pyridine rings is 1. The molecule has 0 saturated carbocycles. The van der Waals surface area contributed by atoms with Crippen LogP contribution in [0.1, 0.15) is 5.56 Å². The van der Waals surface area contributed by atoms with E-state index in [0.29, 0.717) is 17.4 Å². The molecule has 0 aliphatic carbocycles. The molecule has 0 unspecified atom stereocenters. The number of carbonyl (C=O) groups excluding carboxylic acids is 1. The highest BCUT2D eigenvalue weighted by Gasteiger charge is 2.02. The number of anilines is 1. The molecule has 110 valence electrons. The predicted octanol–water partition coefficient (Wildman–Crippen LogP) is 3.27. The average Bonchev–Trinajstić information content (AvgIpc) is 2.47. The monoisotopic (exact) mass is 367 g/mol. The highest BCUT2D eigenvalue weighted by molar-refractivity contribution is 9.10. The van der Waals surface area contributed by atoms with Crippen LogP contribution in [0.25, 0.3) is 0 Å². The van der Waals surface area contributed by atoms with E-state index in [0.717, 1.165) is 10.9 Å². The number of hydrogen-bond donors (Lipinski definition) is 2. The average molecular weight is 369 g/mol. The third-order valence-electron chi connectivity index (χ3n) is 2.78. The van der Waals surface area contributed by atoms with E-state index in [-0.39, 0.29) is 12.5 Å². The van der Waals surface area contributed by atoms with Crippen molar-refractivity contribution >= 4 is 39.3 Å². The fourth-order valence-corrected chi connectivity index (χ4v) is 2.31. The van der Waals surface area contributed by atoms with E-state index < -0.39 is 0 Å². The minimum Gasteiger partial charge on any atom is -0.361 e. The molecule has 0 bridgehead atoms. The molecule has 6 heteroatoms. The number of benzene rings is 1. The van der Waals surface area contributed by atoms with Crippen LogP contribution in [0.4, 0.5) is 5.82 Å². The SMILES string of the molecule is O=C(CNc1ccc(Cl)cn1)NCCc1cccc(Br)c1. The van der Waals surface area contributed by atoms with Crippen molar-refractivity contribution in [3.05, 3.63) is 57.7 Å². The Kier molecular flexibility index (Phi) is 6.02. The van der Waals surface area contributed by atoms with Crippen molar-refractivity contribution in [2.24, 2.45) is 0 Å². The molecule has 1 amide bonds. The standard InChI is InChI=1S/C15H15BrClN3O/c16-12-3-1-2-11(8-12)6-7-18-15(21)10-20-14-5-4-13(17)9-19-14/h1-5,8-9H,6-7,10H2,(H,18,21)(H,19,20). The van der Waals surface area contributed by atoms with E-state index in [1.807, 2.05) is 24.3 Å². The molecule has 0 fully saturated rings. The van der Waals surface area contributed by atoms with Crippen LogP contribution in [-0.2, 0) is 11.2 Å². The number of nitrogens with zero attached hydrogens (tertiary/aromatic N) is 1. The Balaban J connectivity index is 1.69. The van der Waals surface area contributed by atoms with Crippen LogP contribution in [0.3, 0.4) is 0 Å². The Morgan fingerprint density at radius 3 is 2.86 bits per heavy atom. The lowest BCUT2D eigenvalue weighted by Crippen LogP contribution is -2.31. The van der Waals surface area contributed by atoms with Crippen molar-refractivity contribution in [1.29, 1.82) is 0 Å². The zero-order valence-corrected chi connectivity index (χ0v) is 13.6. The van der Waals surface area contributed by atoms with Crippen LogP contribution in [-0.4, -0.2) is 24.0 Å². The number of rotatable bonds is 6. The first-order chi connectivity index (χ1) is 10.1. The van der Waals surface area contributed by atoms with Gasteiger partial charge in [0.15, 0.2) is 0 Å². The van der Waals surface area contributed by atoms with Gasteiger partial charge in [-0.2, -0.15) is 0 Å². The molecule has 2 N–H and O–H groups in total. The number of amides is 1. The fourth-order valence-electron chi connectivity index (χ4n) is 1.75. The van der Waals surface area contributed by atoms with Gasteiger partial charge in [0, 0.05) is 17.2 Å². The van der Waals surface area contributed by atoms with Crippen LogP contribution in [0, 0.1) is 0 Å². The maximum absolute atomic E-state index is 11.7. The second-order valence-electron chi connectivity index (χ2n) is 4.45. The van der Waals surface area contributed by atoms with Crippen LogP contribution >= 0.6 is 27.5 Å². The largest absolute Gasteiger partial charge is 0.361 e. The lowest BCUT2D eigenvalue weighted by molar-refractivity contribution is -0.119. The molecule has 21 heavy (non-hydrogen) atoms. The summed E-state index contributed by atoms with van der Waals surface area (Å²) in [5, 5.41) is 6.37. The third kappa shape index (κ3) is 5.73. The van der Waals surface area contributed by atoms with Crippen molar-refractivity contribution < 1.29 is 4.79 Å². The van der Waals surface area contributed by atoms with E-state index in [2.05, 4.69) is 31.5 Å². The Morgan fingerprint density at radius 2 is 2.14 bits per heavy atom. The van der Waals surface area contributed by atoms with Crippen LogP contribution in [0.15, 0.2) is 47.1 Å². The highest BCUT2D eigenvalue weighted by Crippen LogP contribution is 2.11. The molecule has 0 saturated heterocycles. The summed E-state index contributed by atoms with van der Waals surface area (Å²) in [7, 11) is 0. The van der Waals surface area contributed by atoms with E-state index >= 15 is 0 Å². The fraction of sp³-hybridized carbons (Fsp3) is 0.200. The molecule has 2 aromatic rings. The Bertz CT molecular complexity index is 604. The minimum atomic E-state index is -0.0678. The number of halogens is 2. The van der Waals surface area contributed by atoms with Gasteiger partial charge in [0.25, 0.3) is 0 Å². The molecule has 1 heterocycles. The smallest absolute Gasteiger partial charge is 0.239 e. The second-order valence-corrected chi connectivity index (χ2v) is 5.80.